The van der Waals surface area contributed by atoms with Gasteiger partial charge in [-0.3, -0.25) is 19.7 Å². The lowest BCUT2D eigenvalue weighted by atomic mass is 9.91. The van der Waals surface area contributed by atoms with Crippen molar-refractivity contribution in [2.75, 3.05) is 13.6 Å². The number of ketones is 1. The van der Waals surface area contributed by atoms with Crippen molar-refractivity contribution in [2.24, 2.45) is 0 Å². The summed E-state index contributed by atoms with van der Waals surface area (Å²) in [4.78, 5) is 46.4. The summed E-state index contributed by atoms with van der Waals surface area (Å²) in [6, 6.07) is 15.2. The molecule has 2 aromatic carbocycles. The number of aromatic amines is 1. The first-order chi connectivity index (χ1) is 17.2. The maximum atomic E-state index is 13.2. The first kappa shape index (κ1) is 25.2. The zero-order chi connectivity index (χ0) is 25.9. The van der Waals surface area contributed by atoms with Crippen LogP contribution in [0.2, 0.25) is 0 Å². The van der Waals surface area contributed by atoms with Crippen LogP contribution in [0.5, 0.6) is 5.75 Å². The van der Waals surface area contributed by atoms with E-state index in [1.807, 2.05) is 30.3 Å². The number of halogens is 1. The minimum Gasteiger partial charge on any atom is -0.501 e. The molecular weight excluding hydrogens is 467 g/mol. The van der Waals surface area contributed by atoms with E-state index in [4.69, 9.17) is 4.74 Å². The van der Waals surface area contributed by atoms with Gasteiger partial charge < -0.3 is 19.7 Å². The summed E-state index contributed by atoms with van der Waals surface area (Å²) >= 11 is 0. The number of carbonyl (C=O) groups excluding carboxylic acids is 2. The lowest BCUT2D eigenvalue weighted by molar-refractivity contribution is -0.123. The van der Waals surface area contributed by atoms with Crippen LogP contribution in [0.25, 0.3) is 0 Å². The number of aromatic nitrogens is 2. The highest BCUT2D eigenvalue weighted by molar-refractivity contribution is 5.95. The molecular formula is C26H27FN4O5. The zero-order valence-corrected chi connectivity index (χ0v) is 20.0. The average molecular weight is 495 g/mol. The molecule has 188 valence electrons. The number of nitrogens with one attached hydrogen (secondary N) is 2. The second-order valence-corrected chi connectivity index (χ2v) is 8.86. The maximum absolute atomic E-state index is 13.2. The Labute approximate surface area is 206 Å². The Hall–Kier alpha value is -3.89. The summed E-state index contributed by atoms with van der Waals surface area (Å²) in [6.45, 7) is 2.12. The second-order valence-electron chi connectivity index (χ2n) is 8.86. The van der Waals surface area contributed by atoms with Gasteiger partial charge in [-0.2, -0.15) is 0 Å². The number of amides is 1. The lowest BCUT2D eigenvalue weighted by Gasteiger charge is -2.26. The molecule has 2 heterocycles. The van der Waals surface area contributed by atoms with Crippen LogP contribution in [-0.4, -0.2) is 51.4 Å². The Morgan fingerprint density at radius 2 is 1.86 bits per heavy atom. The Bertz CT molecular complexity index is 1310. The first-order valence-electron chi connectivity index (χ1n) is 11.4. The van der Waals surface area contributed by atoms with E-state index in [9.17, 15) is 23.9 Å². The minimum atomic E-state index is -1.39. The van der Waals surface area contributed by atoms with Gasteiger partial charge in [-0.05, 0) is 30.2 Å². The Balaban J connectivity index is 1.57. The highest BCUT2D eigenvalue weighted by Gasteiger charge is 2.47. The fraction of sp³-hybridized carbons (Fsp3) is 0.308. The Morgan fingerprint density at radius 1 is 1.17 bits per heavy atom. The highest BCUT2D eigenvalue weighted by Crippen LogP contribution is 2.32. The molecule has 1 aromatic heterocycles. The highest BCUT2D eigenvalue weighted by atomic mass is 19.1. The van der Waals surface area contributed by atoms with Crippen molar-refractivity contribution in [3.63, 3.8) is 0 Å². The van der Waals surface area contributed by atoms with Gasteiger partial charge in [0.25, 0.3) is 11.5 Å². The van der Waals surface area contributed by atoms with Gasteiger partial charge in [0.2, 0.25) is 5.75 Å². The number of Topliss-reactive ketones (excluding diaryl/α,β-unsaturated/α-hetero) is 1. The van der Waals surface area contributed by atoms with Crippen LogP contribution in [0.1, 0.15) is 40.8 Å². The van der Waals surface area contributed by atoms with Gasteiger partial charge in [-0.1, -0.05) is 42.5 Å². The molecule has 1 fully saturated rings. The Morgan fingerprint density at radius 3 is 2.53 bits per heavy atom. The number of hydrogen-bond acceptors (Lipinski definition) is 7. The summed E-state index contributed by atoms with van der Waals surface area (Å²) < 4.78 is 19.2. The van der Waals surface area contributed by atoms with Gasteiger partial charge in [0, 0.05) is 26.6 Å². The summed E-state index contributed by atoms with van der Waals surface area (Å²) in [5, 5.41) is 13.4. The SMILES string of the molecule is CC(=O)[C@@]1(c2nc(C(=O)N(C)Cc3ccc(F)cc3)c(O)c(=O)[nH]2)C[C@@H](OCc2ccccc2)CN1. The number of aromatic hydroxyl groups is 1. The number of hydrogen-bond donors (Lipinski definition) is 3. The molecule has 4 rings (SSSR count). The monoisotopic (exact) mass is 494 g/mol. The van der Waals surface area contributed by atoms with Gasteiger partial charge >= 0.3 is 0 Å². The number of carbonyl (C=O) groups is 2. The number of benzene rings is 2. The van der Waals surface area contributed by atoms with E-state index >= 15 is 0 Å². The van der Waals surface area contributed by atoms with Crippen molar-refractivity contribution in [3.05, 3.63) is 93.4 Å². The number of H-pyrrole nitrogens is 1. The topological polar surface area (TPSA) is 125 Å². The number of nitrogens with zero attached hydrogens (tertiary/aromatic N) is 2. The molecule has 0 radical (unpaired) electrons. The van der Waals surface area contributed by atoms with Crippen LogP contribution >= 0.6 is 0 Å². The van der Waals surface area contributed by atoms with E-state index in [0.29, 0.717) is 18.7 Å². The van der Waals surface area contributed by atoms with Crippen molar-refractivity contribution in [3.8, 4) is 5.75 Å². The van der Waals surface area contributed by atoms with Crippen LogP contribution in [0.15, 0.2) is 59.4 Å². The van der Waals surface area contributed by atoms with Crippen molar-refractivity contribution >= 4 is 11.7 Å². The van der Waals surface area contributed by atoms with Crippen molar-refractivity contribution < 1.29 is 23.8 Å². The number of ether oxygens (including phenoxy) is 1. The lowest BCUT2D eigenvalue weighted by Crippen LogP contribution is -2.46. The van der Waals surface area contributed by atoms with E-state index in [-0.39, 0.29) is 30.7 Å². The molecule has 2 atom stereocenters. The second kappa shape index (κ2) is 10.4. The van der Waals surface area contributed by atoms with Gasteiger partial charge in [0.05, 0.1) is 12.7 Å². The van der Waals surface area contributed by atoms with Crippen LogP contribution in [-0.2, 0) is 28.2 Å². The molecule has 0 saturated carbocycles. The third-order valence-corrected chi connectivity index (χ3v) is 6.28. The van der Waals surface area contributed by atoms with Gasteiger partial charge in [-0.15, -0.1) is 0 Å². The third kappa shape index (κ3) is 5.19. The molecule has 10 heteroatoms. The predicted molar refractivity (Wildman–Crippen MR) is 129 cm³/mol. The van der Waals surface area contributed by atoms with Crippen molar-refractivity contribution in [2.45, 2.75) is 38.1 Å². The van der Waals surface area contributed by atoms with Crippen molar-refractivity contribution in [1.82, 2.24) is 20.2 Å². The molecule has 0 bridgehead atoms. The van der Waals surface area contributed by atoms with E-state index in [1.165, 1.54) is 43.1 Å². The van der Waals surface area contributed by atoms with Gasteiger partial charge in [0.15, 0.2) is 11.5 Å². The smallest absolute Gasteiger partial charge is 0.294 e. The molecule has 9 nitrogen and oxygen atoms in total. The molecule has 36 heavy (non-hydrogen) atoms. The van der Waals surface area contributed by atoms with Gasteiger partial charge in [-0.25, -0.2) is 9.37 Å². The number of rotatable bonds is 8. The largest absolute Gasteiger partial charge is 0.501 e. The van der Waals surface area contributed by atoms with Crippen LogP contribution in [0, 0.1) is 5.82 Å². The normalized spacial score (nSPS) is 19.2. The molecule has 1 amide bonds. The standard InChI is InChI=1S/C26H27FN4O5/c1-16(32)26(12-20(13-28-26)36-15-18-6-4-3-5-7-18)25-29-21(22(33)23(34)30-25)24(35)31(2)14-17-8-10-19(27)11-9-17/h3-11,20,28,33H,12-15H2,1-2H3,(H,29,30,34)/t20-,26-/m1/s1. The van der Waals surface area contributed by atoms with E-state index < -0.39 is 34.3 Å². The van der Waals surface area contributed by atoms with Crippen LogP contribution < -0.4 is 10.9 Å². The molecule has 1 saturated heterocycles. The van der Waals surface area contributed by atoms with Gasteiger partial charge in [0.1, 0.15) is 17.2 Å². The molecule has 3 N–H and O–H groups in total. The molecule has 3 aromatic rings. The van der Waals surface area contributed by atoms with E-state index in [0.717, 1.165) is 5.56 Å². The summed E-state index contributed by atoms with van der Waals surface area (Å²) in [5.41, 5.74) is -1.18. The summed E-state index contributed by atoms with van der Waals surface area (Å²) in [6.07, 6.45) is -0.171. The summed E-state index contributed by atoms with van der Waals surface area (Å²) in [5.74, 6) is -2.36. The third-order valence-electron chi connectivity index (χ3n) is 6.28. The van der Waals surface area contributed by atoms with Crippen LogP contribution in [0.4, 0.5) is 4.39 Å². The Kier molecular flexibility index (Phi) is 7.27. The molecule has 0 spiro atoms. The first-order valence-corrected chi connectivity index (χ1v) is 11.4. The molecule has 1 aliphatic rings. The average Bonchev–Trinajstić information content (AvgIpc) is 3.32. The zero-order valence-electron chi connectivity index (χ0n) is 20.0. The molecule has 0 aliphatic carbocycles. The predicted octanol–water partition coefficient (Wildman–Crippen LogP) is 2.25. The summed E-state index contributed by atoms with van der Waals surface area (Å²) in [7, 11) is 1.47. The van der Waals surface area contributed by atoms with E-state index in [1.54, 1.807) is 0 Å². The minimum absolute atomic E-state index is 0.0675. The maximum Gasteiger partial charge on any atom is 0.294 e. The van der Waals surface area contributed by atoms with E-state index in [2.05, 4.69) is 15.3 Å². The quantitative estimate of drug-likeness (QED) is 0.439. The molecule has 1 aliphatic heterocycles. The van der Waals surface area contributed by atoms with Crippen LogP contribution in [0.3, 0.4) is 0 Å². The molecule has 0 unspecified atom stereocenters. The fourth-order valence-electron chi connectivity index (χ4n) is 4.23. The van der Waals surface area contributed by atoms with Crippen molar-refractivity contribution in [1.29, 1.82) is 0 Å². The fourth-order valence-corrected chi connectivity index (χ4v) is 4.23.